The van der Waals surface area contributed by atoms with Gasteiger partial charge in [0.25, 0.3) is 0 Å². The summed E-state index contributed by atoms with van der Waals surface area (Å²) < 4.78 is 0. The van der Waals surface area contributed by atoms with Gasteiger partial charge < -0.3 is 5.73 Å². The molecule has 0 saturated carbocycles. The van der Waals surface area contributed by atoms with E-state index in [1.807, 2.05) is 11.3 Å². The minimum Gasteiger partial charge on any atom is -0.330 e. The zero-order valence-electron chi connectivity index (χ0n) is 9.25. The third-order valence-electron chi connectivity index (χ3n) is 2.20. The van der Waals surface area contributed by atoms with E-state index in [1.54, 1.807) is 0 Å². The van der Waals surface area contributed by atoms with Gasteiger partial charge in [0.15, 0.2) is 0 Å². The Balaban J connectivity index is 2.35. The molecule has 0 aliphatic heterocycles. The first-order valence-electron chi connectivity index (χ1n) is 5.50. The van der Waals surface area contributed by atoms with Crippen LogP contribution in [0.4, 0.5) is 0 Å². The van der Waals surface area contributed by atoms with E-state index < -0.39 is 0 Å². The molecule has 2 N–H and O–H groups in total. The molecule has 0 spiro atoms. The lowest BCUT2D eigenvalue weighted by Crippen LogP contribution is -1.98. The van der Waals surface area contributed by atoms with Gasteiger partial charge in [-0.15, -0.1) is 11.3 Å². The summed E-state index contributed by atoms with van der Waals surface area (Å²) in [4.78, 5) is 3.05. The molecule has 1 aromatic heterocycles. The van der Waals surface area contributed by atoms with Crippen LogP contribution in [0.5, 0.6) is 0 Å². The van der Waals surface area contributed by atoms with E-state index in [1.165, 1.54) is 29.0 Å². The Bertz CT molecular complexity index is 253. The largest absolute Gasteiger partial charge is 0.330 e. The van der Waals surface area contributed by atoms with E-state index in [2.05, 4.69) is 26.0 Å². The fourth-order valence-corrected chi connectivity index (χ4v) is 2.78. The molecule has 1 nitrogen and oxygen atoms in total. The molecule has 0 aromatic carbocycles. The Morgan fingerprint density at radius 3 is 2.57 bits per heavy atom. The first-order valence-corrected chi connectivity index (χ1v) is 6.31. The summed E-state index contributed by atoms with van der Waals surface area (Å²) in [5.74, 6) is 0.769. The molecule has 1 heterocycles. The lowest BCUT2D eigenvalue weighted by Gasteiger charge is -2.00. The normalized spacial score (nSPS) is 11.1. The molecule has 0 aliphatic carbocycles. The van der Waals surface area contributed by atoms with Crippen molar-refractivity contribution >= 4 is 11.3 Å². The molecule has 0 bridgehead atoms. The molecule has 1 rings (SSSR count). The van der Waals surface area contributed by atoms with Crippen LogP contribution in [0, 0.1) is 5.92 Å². The molecule has 0 amide bonds. The highest BCUT2D eigenvalue weighted by molar-refractivity contribution is 7.11. The second-order valence-corrected chi connectivity index (χ2v) is 5.46. The van der Waals surface area contributed by atoms with Crippen molar-refractivity contribution in [1.29, 1.82) is 0 Å². The smallest absolute Gasteiger partial charge is 0.00507 e. The van der Waals surface area contributed by atoms with Gasteiger partial charge in [0.05, 0.1) is 0 Å². The molecule has 0 radical (unpaired) electrons. The van der Waals surface area contributed by atoms with E-state index in [0.717, 1.165) is 18.9 Å². The van der Waals surface area contributed by atoms with Gasteiger partial charge in [0.2, 0.25) is 0 Å². The van der Waals surface area contributed by atoms with Crippen LogP contribution in [0.15, 0.2) is 12.1 Å². The van der Waals surface area contributed by atoms with E-state index in [9.17, 15) is 0 Å². The first-order chi connectivity index (χ1) is 6.72. The number of rotatable bonds is 6. The van der Waals surface area contributed by atoms with Crippen LogP contribution in [0.1, 0.15) is 36.4 Å². The van der Waals surface area contributed by atoms with Crippen molar-refractivity contribution < 1.29 is 0 Å². The SMILES string of the molecule is CC(C)Cc1ccc(CCCCN)s1. The van der Waals surface area contributed by atoms with Crippen LogP contribution in [-0.2, 0) is 12.8 Å². The molecule has 80 valence electrons. The minimum absolute atomic E-state index is 0.769. The average molecular weight is 211 g/mol. The van der Waals surface area contributed by atoms with Gasteiger partial charge in [-0.2, -0.15) is 0 Å². The summed E-state index contributed by atoms with van der Waals surface area (Å²) in [5, 5.41) is 0. The zero-order valence-corrected chi connectivity index (χ0v) is 10.1. The monoisotopic (exact) mass is 211 g/mol. The van der Waals surface area contributed by atoms with Crippen molar-refractivity contribution in [2.24, 2.45) is 11.7 Å². The fourth-order valence-electron chi connectivity index (χ4n) is 1.51. The van der Waals surface area contributed by atoms with Gasteiger partial charge in [0, 0.05) is 9.75 Å². The molecule has 0 unspecified atom stereocenters. The quantitative estimate of drug-likeness (QED) is 0.718. The maximum absolute atomic E-state index is 5.47. The summed E-state index contributed by atoms with van der Waals surface area (Å²) in [7, 11) is 0. The Kier molecular flexibility index (Phi) is 5.20. The van der Waals surface area contributed by atoms with Crippen LogP contribution >= 0.6 is 11.3 Å². The van der Waals surface area contributed by atoms with Gasteiger partial charge in [0.1, 0.15) is 0 Å². The van der Waals surface area contributed by atoms with Crippen molar-refractivity contribution in [3.05, 3.63) is 21.9 Å². The van der Waals surface area contributed by atoms with Gasteiger partial charge >= 0.3 is 0 Å². The van der Waals surface area contributed by atoms with Crippen molar-refractivity contribution in [2.45, 2.75) is 39.5 Å². The number of nitrogens with two attached hydrogens (primary N) is 1. The maximum atomic E-state index is 5.47. The zero-order chi connectivity index (χ0) is 10.4. The van der Waals surface area contributed by atoms with Gasteiger partial charge in [-0.25, -0.2) is 0 Å². The highest BCUT2D eigenvalue weighted by Crippen LogP contribution is 2.21. The van der Waals surface area contributed by atoms with Crippen molar-refractivity contribution in [1.82, 2.24) is 0 Å². The molecule has 0 aliphatic rings. The van der Waals surface area contributed by atoms with Crippen molar-refractivity contribution in [3.63, 3.8) is 0 Å². The minimum atomic E-state index is 0.769. The fraction of sp³-hybridized carbons (Fsp3) is 0.667. The molecule has 2 heteroatoms. The second kappa shape index (κ2) is 6.20. The Morgan fingerprint density at radius 2 is 1.93 bits per heavy atom. The number of hydrogen-bond donors (Lipinski definition) is 1. The van der Waals surface area contributed by atoms with Crippen molar-refractivity contribution in [3.8, 4) is 0 Å². The number of aryl methyl sites for hydroxylation is 1. The van der Waals surface area contributed by atoms with E-state index in [-0.39, 0.29) is 0 Å². The summed E-state index contributed by atoms with van der Waals surface area (Å²) in [5.41, 5.74) is 5.47. The Morgan fingerprint density at radius 1 is 1.21 bits per heavy atom. The molecular formula is C12H21NS. The highest BCUT2D eigenvalue weighted by Gasteiger charge is 2.02. The molecule has 0 fully saturated rings. The molecule has 14 heavy (non-hydrogen) atoms. The molecular weight excluding hydrogens is 190 g/mol. The van der Waals surface area contributed by atoms with Crippen LogP contribution < -0.4 is 5.73 Å². The van der Waals surface area contributed by atoms with Crippen LogP contribution in [0.3, 0.4) is 0 Å². The van der Waals surface area contributed by atoms with Gasteiger partial charge in [-0.3, -0.25) is 0 Å². The number of thiophene rings is 1. The average Bonchev–Trinajstić information content (AvgIpc) is 2.52. The summed E-state index contributed by atoms with van der Waals surface area (Å²) in [6.45, 7) is 5.37. The number of unbranched alkanes of at least 4 members (excludes halogenated alkanes) is 1. The highest BCUT2D eigenvalue weighted by atomic mass is 32.1. The summed E-state index contributed by atoms with van der Waals surface area (Å²) in [6.07, 6.45) is 4.82. The maximum Gasteiger partial charge on any atom is 0.00507 e. The Hall–Kier alpha value is -0.340. The Labute approximate surface area is 91.3 Å². The van der Waals surface area contributed by atoms with E-state index in [4.69, 9.17) is 5.73 Å². The molecule has 0 saturated heterocycles. The van der Waals surface area contributed by atoms with Gasteiger partial charge in [-0.05, 0) is 50.3 Å². The topological polar surface area (TPSA) is 26.0 Å². The summed E-state index contributed by atoms with van der Waals surface area (Å²) in [6, 6.07) is 4.56. The van der Waals surface area contributed by atoms with E-state index >= 15 is 0 Å². The number of hydrogen-bond acceptors (Lipinski definition) is 2. The lowest BCUT2D eigenvalue weighted by atomic mass is 10.1. The van der Waals surface area contributed by atoms with Crippen LogP contribution in [0.2, 0.25) is 0 Å². The van der Waals surface area contributed by atoms with Gasteiger partial charge in [-0.1, -0.05) is 13.8 Å². The summed E-state index contributed by atoms with van der Waals surface area (Å²) >= 11 is 1.97. The van der Waals surface area contributed by atoms with Crippen LogP contribution in [-0.4, -0.2) is 6.54 Å². The third kappa shape index (κ3) is 4.25. The molecule has 1 aromatic rings. The predicted octanol–water partition coefficient (Wildman–Crippen LogP) is 3.23. The third-order valence-corrected chi connectivity index (χ3v) is 3.37. The molecule has 0 atom stereocenters. The van der Waals surface area contributed by atoms with Crippen molar-refractivity contribution in [2.75, 3.05) is 6.54 Å². The standard InChI is InChI=1S/C12H21NS/c1-10(2)9-12-7-6-11(14-12)5-3-4-8-13/h6-7,10H,3-5,8-9,13H2,1-2H3. The predicted molar refractivity (Wildman–Crippen MR) is 64.9 cm³/mol. The van der Waals surface area contributed by atoms with Crippen LogP contribution in [0.25, 0.3) is 0 Å². The van der Waals surface area contributed by atoms with E-state index in [0.29, 0.717) is 0 Å². The first kappa shape index (κ1) is 11.7. The lowest BCUT2D eigenvalue weighted by molar-refractivity contribution is 0.654. The second-order valence-electron chi connectivity index (χ2n) is 4.21.